The maximum absolute atomic E-state index is 11.5. The summed E-state index contributed by atoms with van der Waals surface area (Å²) in [5.41, 5.74) is 0.613. The molecule has 0 saturated heterocycles. The number of carbonyl (C=O) groups excluding carboxylic acids is 2. The summed E-state index contributed by atoms with van der Waals surface area (Å²) < 4.78 is 4.85. The van der Waals surface area contributed by atoms with Crippen molar-refractivity contribution in [3.8, 4) is 11.8 Å². The number of carbonyl (C=O) groups is 2. The molecule has 0 atom stereocenters. The fourth-order valence-electron chi connectivity index (χ4n) is 1.12. The monoisotopic (exact) mass is 231 g/mol. The molecule has 0 aromatic rings. The predicted octanol–water partition coefficient (Wildman–Crippen LogP) is 1.43. The van der Waals surface area contributed by atoms with Crippen molar-refractivity contribution in [1.82, 2.24) is 0 Å². The molecule has 0 aromatic heterocycles. The molecule has 0 radical (unpaired) electrons. The molecular weight excluding hydrogens is 218 g/mol. The van der Waals surface area contributed by atoms with Crippen LogP contribution in [0.15, 0.2) is 28.9 Å². The number of nitrogens with zero attached hydrogens (tertiary/aromatic N) is 1. The zero-order chi connectivity index (χ0) is 12.7. The number of Topliss-reactive ketones (excluding diaryl/α,β-unsaturated/α-hetero) is 1. The van der Waals surface area contributed by atoms with E-state index in [0.29, 0.717) is 18.7 Å². The topological polar surface area (TPSA) is 55.7 Å². The Labute approximate surface area is 100 Å². The Balaban J connectivity index is 2.92. The van der Waals surface area contributed by atoms with Crippen molar-refractivity contribution >= 4 is 17.5 Å². The van der Waals surface area contributed by atoms with Gasteiger partial charge in [0.2, 0.25) is 5.78 Å². The summed E-state index contributed by atoms with van der Waals surface area (Å²) in [6.45, 7) is 3.40. The van der Waals surface area contributed by atoms with E-state index >= 15 is 0 Å². The molecule has 0 spiro atoms. The number of hydrogen-bond donors (Lipinski definition) is 0. The summed E-state index contributed by atoms with van der Waals surface area (Å²) in [6, 6.07) is 0. The summed E-state index contributed by atoms with van der Waals surface area (Å²) in [7, 11) is 0. The van der Waals surface area contributed by atoms with Crippen LogP contribution in [0.4, 0.5) is 0 Å². The van der Waals surface area contributed by atoms with Crippen molar-refractivity contribution in [2.75, 3.05) is 6.61 Å². The van der Waals surface area contributed by atoms with Crippen LogP contribution in [-0.4, -0.2) is 24.1 Å². The summed E-state index contributed by atoms with van der Waals surface area (Å²) in [6.07, 6.45) is 5.75. The molecule has 4 nitrogen and oxygen atoms in total. The molecule has 0 N–H and O–H groups in total. The molecule has 17 heavy (non-hydrogen) atoms. The molecule has 1 aliphatic rings. The van der Waals surface area contributed by atoms with E-state index in [1.54, 1.807) is 25.2 Å². The van der Waals surface area contributed by atoms with Crippen molar-refractivity contribution in [3.05, 3.63) is 23.9 Å². The first kappa shape index (κ1) is 12.9. The van der Waals surface area contributed by atoms with Crippen LogP contribution < -0.4 is 0 Å². The molecule has 0 amide bonds. The zero-order valence-electron chi connectivity index (χ0n) is 9.82. The summed E-state index contributed by atoms with van der Waals surface area (Å²) >= 11 is 0. The number of ether oxygens (including phenoxy) is 1. The van der Waals surface area contributed by atoms with Crippen LogP contribution in [0.5, 0.6) is 0 Å². The lowest BCUT2D eigenvalue weighted by Gasteiger charge is -2.00. The molecule has 0 saturated carbocycles. The van der Waals surface area contributed by atoms with Gasteiger partial charge in [0.15, 0.2) is 0 Å². The lowest BCUT2D eigenvalue weighted by atomic mass is 10.3. The fraction of sp³-hybridized carbons (Fsp3) is 0.308. The highest BCUT2D eigenvalue weighted by molar-refractivity contribution is 6.41. The van der Waals surface area contributed by atoms with E-state index in [4.69, 9.17) is 4.74 Å². The Morgan fingerprint density at radius 2 is 2.29 bits per heavy atom. The quantitative estimate of drug-likeness (QED) is 0.410. The Hall–Kier alpha value is -2.15. The van der Waals surface area contributed by atoms with E-state index in [1.165, 1.54) is 6.92 Å². The molecular formula is C13H13NO3. The highest BCUT2D eigenvalue weighted by Gasteiger charge is 2.10. The Kier molecular flexibility index (Phi) is 4.89. The van der Waals surface area contributed by atoms with Gasteiger partial charge < -0.3 is 4.74 Å². The fourth-order valence-corrected chi connectivity index (χ4v) is 1.12. The number of aliphatic imine (C=N–C) groups is 1. The molecule has 0 unspecified atom stereocenters. The largest absolute Gasteiger partial charge is 0.461 e. The van der Waals surface area contributed by atoms with Crippen molar-refractivity contribution < 1.29 is 14.3 Å². The third kappa shape index (κ3) is 4.47. The molecule has 1 rings (SSSR count). The second kappa shape index (κ2) is 6.44. The van der Waals surface area contributed by atoms with Crippen LogP contribution in [0, 0.1) is 11.8 Å². The van der Waals surface area contributed by atoms with E-state index in [0.717, 1.165) is 0 Å². The van der Waals surface area contributed by atoms with Crippen LogP contribution >= 0.6 is 0 Å². The molecule has 0 aliphatic carbocycles. The van der Waals surface area contributed by atoms with Gasteiger partial charge in [-0.15, -0.1) is 0 Å². The minimum absolute atomic E-state index is 0.202. The molecule has 1 aliphatic heterocycles. The molecule has 88 valence electrons. The lowest BCUT2D eigenvalue weighted by molar-refractivity contribution is -0.134. The van der Waals surface area contributed by atoms with Gasteiger partial charge in [0.05, 0.1) is 6.61 Å². The second-order valence-corrected chi connectivity index (χ2v) is 3.25. The Morgan fingerprint density at radius 3 is 2.94 bits per heavy atom. The highest BCUT2D eigenvalue weighted by Crippen LogP contribution is 2.06. The van der Waals surface area contributed by atoms with Crippen LogP contribution in [0.25, 0.3) is 0 Å². The van der Waals surface area contributed by atoms with Gasteiger partial charge >= 0.3 is 5.97 Å². The third-order valence-corrected chi connectivity index (χ3v) is 1.82. The maximum atomic E-state index is 11.5. The van der Waals surface area contributed by atoms with Crippen LogP contribution in [-0.2, 0) is 14.3 Å². The van der Waals surface area contributed by atoms with Gasteiger partial charge in [-0.3, -0.25) is 4.79 Å². The second-order valence-electron chi connectivity index (χ2n) is 3.25. The first-order valence-electron chi connectivity index (χ1n) is 5.28. The average molecular weight is 231 g/mol. The number of allylic oxidation sites excluding steroid dienone is 3. The average Bonchev–Trinajstić information content (AvgIpc) is 2.52. The van der Waals surface area contributed by atoms with E-state index in [-0.39, 0.29) is 11.5 Å². The van der Waals surface area contributed by atoms with E-state index in [9.17, 15) is 9.59 Å². The molecule has 1 heterocycles. The lowest BCUT2D eigenvalue weighted by Crippen LogP contribution is -2.15. The van der Waals surface area contributed by atoms with Crippen LogP contribution in [0.3, 0.4) is 0 Å². The van der Waals surface area contributed by atoms with Gasteiger partial charge in [-0.25, -0.2) is 9.79 Å². The normalized spacial score (nSPS) is 13.8. The van der Waals surface area contributed by atoms with E-state index in [1.807, 2.05) is 0 Å². The first-order chi connectivity index (χ1) is 8.13. The van der Waals surface area contributed by atoms with E-state index in [2.05, 4.69) is 16.8 Å². The standard InChI is InChI=1S/C13H13NO3/c1-3-17-13(16)12-7-5-4-6-11(14-12)9-8-10(2)15/h5-7H,3-4H2,1-2H3. The number of esters is 1. The third-order valence-electron chi connectivity index (χ3n) is 1.82. The van der Waals surface area contributed by atoms with Crippen molar-refractivity contribution in [2.45, 2.75) is 20.3 Å². The number of rotatable bonds is 2. The van der Waals surface area contributed by atoms with Gasteiger partial charge in [0.25, 0.3) is 0 Å². The smallest absolute Gasteiger partial charge is 0.356 e. The molecule has 0 bridgehead atoms. The maximum Gasteiger partial charge on any atom is 0.356 e. The summed E-state index contributed by atoms with van der Waals surface area (Å²) in [4.78, 5) is 26.3. The first-order valence-corrected chi connectivity index (χ1v) is 5.28. The van der Waals surface area contributed by atoms with Crippen molar-refractivity contribution in [3.63, 3.8) is 0 Å². The summed E-state index contributed by atoms with van der Waals surface area (Å²) in [5, 5.41) is 0. The van der Waals surface area contributed by atoms with Crippen LogP contribution in [0.2, 0.25) is 0 Å². The van der Waals surface area contributed by atoms with Gasteiger partial charge in [-0.2, -0.15) is 0 Å². The minimum Gasteiger partial charge on any atom is -0.461 e. The van der Waals surface area contributed by atoms with Gasteiger partial charge in [0.1, 0.15) is 11.4 Å². The summed E-state index contributed by atoms with van der Waals surface area (Å²) in [5.74, 6) is 4.28. The molecule has 4 heteroatoms. The van der Waals surface area contributed by atoms with Crippen LogP contribution in [0.1, 0.15) is 20.3 Å². The number of ketones is 1. The molecule has 0 aromatic carbocycles. The minimum atomic E-state index is -0.485. The van der Waals surface area contributed by atoms with Gasteiger partial charge in [-0.05, 0) is 37.3 Å². The Bertz CT molecular complexity index is 473. The van der Waals surface area contributed by atoms with Gasteiger partial charge in [-0.1, -0.05) is 6.08 Å². The SMILES string of the molecule is CCOC(=O)C1=NC(C#CC(C)=O)=CCC=C1. The Morgan fingerprint density at radius 1 is 1.53 bits per heavy atom. The number of hydrogen-bond acceptors (Lipinski definition) is 4. The zero-order valence-corrected chi connectivity index (χ0v) is 9.82. The highest BCUT2D eigenvalue weighted by atomic mass is 16.5. The van der Waals surface area contributed by atoms with Crippen molar-refractivity contribution in [2.24, 2.45) is 4.99 Å². The van der Waals surface area contributed by atoms with Gasteiger partial charge in [0, 0.05) is 6.92 Å². The van der Waals surface area contributed by atoms with Crippen molar-refractivity contribution in [1.29, 1.82) is 0 Å². The predicted molar refractivity (Wildman–Crippen MR) is 64.4 cm³/mol. The van der Waals surface area contributed by atoms with E-state index < -0.39 is 5.97 Å². The molecule has 0 fully saturated rings.